The quantitative estimate of drug-likeness (QED) is 0.777. The fourth-order valence-corrected chi connectivity index (χ4v) is 2.07. The Hall–Kier alpha value is -1.32. The van der Waals surface area contributed by atoms with Crippen molar-refractivity contribution in [3.8, 4) is 0 Å². The lowest BCUT2D eigenvalue weighted by Crippen LogP contribution is -2.15. The molecule has 4 nitrogen and oxygen atoms in total. The number of carboxylic acid groups (broad SMARTS) is 1. The van der Waals surface area contributed by atoms with Crippen molar-refractivity contribution in [3.63, 3.8) is 0 Å². The van der Waals surface area contributed by atoms with E-state index in [1.165, 1.54) is 0 Å². The molecule has 1 heterocycles. The number of carboxylic acids is 1. The van der Waals surface area contributed by atoms with Crippen molar-refractivity contribution in [1.82, 2.24) is 9.78 Å². The number of aliphatic carboxylic acids is 1. The SMILES string of the molecule is CC(C)n1ncc2c1C(C(=O)O)CC2. The van der Waals surface area contributed by atoms with E-state index >= 15 is 0 Å². The van der Waals surface area contributed by atoms with Gasteiger partial charge in [-0.05, 0) is 32.3 Å². The second-order valence-electron chi connectivity index (χ2n) is 4.02. The molecule has 1 aromatic heterocycles. The molecule has 1 N–H and O–H groups in total. The summed E-state index contributed by atoms with van der Waals surface area (Å²) in [5, 5.41) is 13.3. The average molecular weight is 194 g/mol. The number of carbonyl (C=O) groups is 1. The van der Waals surface area contributed by atoms with Crippen LogP contribution in [0.15, 0.2) is 6.20 Å². The van der Waals surface area contributed by atoms with Gasteiger partial charge in [-0.1, -0.05) is 0 Å². The van der Waals surface area contributed by atoms with Crippen molar-refractivity contribution in [3.05, 3.63) is 17.5 Å². The van der Waals surface area contributed by atoms with Gasteiger partial charge in [-0.25, -0.2) is 0 Å². The number of aromatic nitrogens is 2. The molecule has 0 saturated carbocycles. The van der Waals surface area contributed by atoms with Gasteiger partial charge >= 0.3 is 5.97 Å². The van der Waals surface area contributed by atoms with Crippen molar-refractivity contribution < 1.29 is 9.90 Å². The Morgan fingerprint density at radius 1 is 1.71 bits per heavy atom. The molecule has 0 spiro atoms. The molecular formula is C10H14N2O2. The highest BCUT2D eigenvalue weighted by atomic mass is 16.4. The average Bonchev–Trinajstić information content (AvgIpc) is 2.59. The Bertz CT molecular complexity index is 368. The van der Waals surface area contributed by atoms with Crippen molar-refractivity contribution in [2.45, 2.75) is 38.6 Å². The Morgan fingerprint density at radius 3 is 3.00 bits per heavy atom. The largest absolute Gasteiger partial charge is 0.481 e. The van der Waals surface area contributed by atoms with E-state index in [-0.39, 0.29) is 12.0 Å². The summed E-state index contributed by atoms with van der Waals surface area (Å²) in [5.74, 6) is -1.08. The summed E-state index contributed by atoms with van der Waals surface area (Å²) in [7, 11) is 0. The number of fused-ring (bicyclic) bond motifs is 1. The first kappa shape index (κ1) is 9.24. The van der Waals surface area contributed by atoms with Gasteiger partial charge in [0, 0.05) is 6.04 Å². The van der Waals surface area contributed by atoms with Crippen LogP contribution < -0.4 is 0 Å². The van der Waals surface area contributed by atoms with Crippen LogP contribution in [0.1, 0.15) is 43.5 Å². The van der Waals surface area contributed by atoms with E-state index in [0.29, 0.717) is 0 Å². The van der Waals surface area contributed by atoms with E-state index in [2.05, 4.69) is 5.10 Å². The first-order chi connectivity index (χ1) is 6.61. The second kappa shape index (κ2) is 3.12. The Balaban J connectivity index is 2.45. The molecule has 1 aromatic rings. The lowest BCUT2D eigenvalue weighted by molar-refractivity contribution is -0.138. The third-order valence-electron chi connectivity index (χ3n) is 2.73. The maximum Gasteiger partial charge on any atom is 0.312 e. The van der Waals surface area contributed by atoms with Crippen LogP contribution in [0, 0.1) is 0 Å². The van der Waals surface area contributed by atoms with Crippen molar-refractivity contribution in [2.24, 2.45) is 0 Å². The maximum atomic E-state index is 11.0. The number of hydrogen-bond acceptors (Lipinski definition) is 2. The second-order valence-corrected chi connectivity index (χ2v) is 4.02. The summed E-state index contributed by atoms with van der Waals surface area (Å²) in [4.78, 5) is 11.0. The van der Waals surface area contributed by atoms with Gasteiger partial charge in [-0.3, -0.25) is 9.48 Å². The number of aryl methyl sites for hydroxylation is 1. The predicted molar refractivity (Wildman–Crippen MR) is 51.3 cm³/mol. The Labute approximate surface area is 82.5 Å². The van der Waals surface area contributed by atoms with E-state index in [4.69, 9.17) is 5.11 Å². The van der Waals surface area contributed by atoms with E-state index < -0.39 is 5.97 Å². The first-order valence-corrected chi connectivity index (χ1v) is 4.90. The smallest absolute Gasteiger partial charge is 0.312 e. The molecule has 2 rings (SSSR count). The first-order valence-electron chi connectivity index (χ1n) is 4.90. The molecule has 1 atom stereocenters. The van der Waals surface area contributed by atoms with Crippen LogP contribution in [-0.2, 0) is 11.2 Å². The Kier molecular flexibility index (Phi) is 2.06. The van der Waals surface area contributed by atoms with Crippen LogP contribution in [0.3, 0.4) is 0 Å². The standard InChI is InChI=1S/C10H14N2O2/c1-6(2)12-9-7(5-11-12)3-4-8(9)10(13)14/h5-6,8H,3-4H2,1-2H3,(H,13,14). The molecule has 14 heavy (non-hydrogen) atoms. The lowest BCUT2D eigenvalue weighted by atomic mass is 10.1. The van der Waals surface area contributed by atoms with Crippen LogP contribution in [0.25, 0.3) is 0 Å². The molecular weight excluding hydrogens is 180 g/mol. The minimum absolute atomic E-state index is 0.235. The van der Waals surface area contributed by atoms with Crippen molar-refractivity contribution in [1.29, 1.82) is 0 Å². The zero-order chi connectivity index (χ0) is 10.3. The monoisotopic (exact) mass is 194 g/mol. The van der Waals surface area contributed by atoms with E-state index in [1.807, 2.05) is 18.5 Å². The molecule has 4 heteroatoms. The zero-order valence-corrected chi connectivity index (χ0v) is 8.40. The maximum absolute atomic E-state index is 11.0. The van der Waals surface area contributed by atoms with Gasteiger partial charge in [0.2, 0.25) is 0 Å². The van der Waals surface area contributed by atoms with Crippen LogP contribution in [0.5, 0.6) is 0 Å². The highest BCUT2D eigenvalue weighted by molar-refractivity contribution is 5.77. The molecule has 0 saturated heterocycles. The summed E-state index contributed by atoms with van der Waals surface area (Å²) in [6, 6.07) is 0.235. The highest BCUT2D eigenvalue weighted by Crippen LogP contribution is 2.34. The molecule has 1 unspecified atom stereocenters. The minimum Gasteiger partial charge on any atom is -0.481 e. The van der Waals surface area contributed by atoms with Gasteiger partial charge < -0.3 is 5.11 Å². The van der Waals surface area contributed by atoms with Gasteiger partial charge in [0.15, 0.2) is 0 Å². The molecule has 1 aliphatic carbocycles. The molecule has 0 aliphatic heterocycles. The molecule has 76 valence electrons. The fourth-order valence-electron chi connectivity index (χ4n) is 2.07. The van der Waals surface area contributed by atoms with Crippen molar-refractivity contribution in [2.75, 3.05) is 0 Å². The van der Waals surface area contributed by atoms with Crippen LogP contribution in [-0.4, -0.2) is 20.9 Å². The zero-order valence-electron chi connectivity index (χ0n) is 8.40. The number of rotatable bonds is 2. The van der Waals surface area contributed by atoms with Gasteiger partial charge in [0.1, 0.15) is 0 Å². The molecule has 0 fully saturated rings. The fraction of sp³-hybridized carbons (Fsp3) is 0.600. The summed E-state index contributed by atoms with van der Waals surface area (Å²) < 4.78 is 1.83. The Morgan fingerprint density at radius 2 is 2.43 bits per heavy atom. The lowest BCUT2D eigenvalue weighted by Gasteiger charge is -2.13. The van der Waals surface area contributed by atoms with Gasteiger partial charge in [0.25, 0.3) is 0 Å². The van der Waals surface area contributed by atoms with Crippen LogP contribution >= 0.6 is 0 Å². The summed E-state index contributed by atoms with van der Waals surface area (Å²) in [6.07, 6.45) is 3.37. The molecule has 0 amide bonds. The van der Waals surface area contributed by atoms with Gasteiger partial charge in [0.05, 0.1) is 17.8 Å². The van der Waals surface area contributed by atoms with Gasteiger partial charge in [-0.2, -0.15) is 5.10 Å². The summed E-state index contributed by atoms with van der Waals surface area (Å²) in [6.45, 7) is 4.04. The third-order valence-corrected chi connectivity index (χ3v) is 2.73. The highest BCUT2D eigenvalue weighted by Gasteiger charge is 2.32. The van der Waals surface area contributed by atoms with Crippen LogP contribution in [0.2, 0.25) is 0 Å². The van der Waals surface area contributed by atoms with Crippen LogP contribution in [0.4, 0.5) is 0 Å². The molecule has 0 bridgehead atoms. The number of nitrogens with zero attached hydrogens (tertiary/aromatic N) is 2. The third kappa shape index (κ3) is 1.22. The van der Waals surface area contributed by atoms with Gasteiger partial charge in [-0.15, -0.1) is 0 Å². The topological polar surface area (TPSA) is 55.1 Å². The van der Waals surface area contributed by atoms with E-state index in [1.54, 1.807) is 6.20 Å². The van der Waals surface area contributed by atoms with Crippen molar-refractivity contribution >= 4 is 5.97 Å². The van der Waals surface area contributed by atoms with E-state index in [0.717, 1.165) is 24.1 Å². The molecule has 0 radical (unpaired) electrons. The predicted octanol–water partition coefficient (Wildman–Crippen LogP) is 1.58. The summed E-state index contributed by atoms with van der Waals surface area (Å²) in [5.41, 5.74) is 2.01. The normalized spacial score (nSPS) is 20.1. The number of hydrogen-bond donors (Lipinski definition) is 1. The summed E-state index contributed by atoms with van der Waals surface area (Å²) >= 11 is 0. The molecule has 0 aromatic carbocycles. The minimum atomic E-state index is -0.730. The van der Waals surface area contributed by atoms with E-state index in [9.17, 15) is 4.79 Å². The molecule has 1 aliphatic rings.